The minimum Gasteiger partial charge on any atom is -0.384 e. The zero-order chi connectivity index (χ0) is 15.3. The fourth-order valence-electron chi connectivity index (χ4n) is 2.38. The second-order valence-electron chi connectivity index (χ2n) is 5.24. The summed E-state index contributed by atoms with van der Waals surface area (Å²) in [5, 5.41) is 3.27. The summed E-state index contributed by atoms with van der Waals surface area (Å²) in [6.07, 6.45) is 0.434. The molecule has 7 heteroatoms. The molecule has 0 bridgehead atoms. The summed E-state index contributed by atoms with van der Waals surface area (Å²) in [6, 6.07) is 2.00. The van der Waals surface area contributed by atoms with E-state index >= 15 is 0 Å². The van der Waals surface area contributed by atoms with Crippen LogP contribution in [0, 0.1) is 0 Å². The number of halogens is 3. The Morgan fingerprint density at radius 3 is 2.52 bits per heavy atom. The maximum atomic E-state index is 12.4. The summed E-state index contributed by atoms with van der Waals surface area (Å²) in [5.74, 6) is 0. The van der Waals surface area contributed by atoms with Gasteiger partial charge < -0.3 is 10.2 Å². The standard InChI is InChI=1S/C14H21F3N4/c1-2-3-19-12-8-13(10-18-9-12)21-6-4-20(5-7-21)11-14(15,16)17/h8-10,19H,2-7,11H2,1H3. The first-order valence-electron chi connectivity index (χ1n) is 7.21. The average Bonchev–Trinajstić information content (AvgIpc) is 2.44. The number of nitrogens with zero attached hydrogens (tertiary/aromatic N) is 3. The van der Waals surface area contributed by atoms with Crippen LogP contribution in [-0.2, 0) is 0 Å². The Bertz CT molecular complexity index is 442. The van der Waals surface area contributed by atoms with Crippen LogP contribution in [0.2, 0.25) is 0 Å². The summed E-state index contributed by atoms with van der Waals surface area (Å²) in [5.41, 5.74) is 1.91. The lowest BCUT2D eigenvalue weighted by molar-refractivity contribution is -0.146. The molecule has 1 N–H and O–H groups in total. The van der Waals surface area contributed by atoms with Gasteiger partial charge in [0, 0.05) is 32.7 Å². The normalized spacial score (nSPS) is 17.0. The quantitative estimate of drug-likeness (QED) is 0.906. The minimum atomic E-state index is -4.12. The van der Waals surface area contributed by atoms with E-state index in [1.807, 2.05) is 6.07 Å². The Morgan fingerprint density at radius 2 is 1.90 bits per heavy atom. The fraction of sp³-hybridized carbons (Fsp3) is 0.643. The van der Waals surface area contributed by atoms with Crippen LogP contribution in [0.4, 0.5) is 24.5 Å². The molecule has 0 unspecified atom stereocenters. The lowest BCUT2D eigenvalue weighted by Crippen LogP contribution is -2.49. The number of piperazine rings is 1. The first kappa shape index (κ1) is 15.9. The minimum absolute atomic E-state index is 0.423. The summed E-state index contributed by atoms with van der Waals surface area (Å²) in [6.45, 7) is 4.17. The number of pyridine rings is 1. The topological polar surface area (TPSA) is 31.4 Å². The Balaban J connectivity index is 1.90. The van der Waals surface area contributed by atoms with E-state index in [1.165, 1.54) is 4.90 Å². The first-order chi connectivity index (χ1) is 9.98. The van der Waals surface area contributed by atoms with E-state index in [2.05, 4.69) is 22.1 Å². The zero-order valence-electron chi connectivity index (χ0n) is 12.2. The van der Waals surface area contributed by atoms with Crippen LogP contribution < -0.4 is 10.2 Å². The van der Waals surface area contributed by atoms with Crippen molar-refractivity contribution in [2.75, 3.05) is 49.5 Å². The van der Waals surface area contributed by atoms with Crippen LogP contribution in [-0.4, -0.2) is 55.3 Å². The van der Waals surface area contributed by atoms with E-state index in [0.717, 1.165) is 24.3 Å². The number of anilines is 2. The van der Waals surface area contributed by atoms with Crippen molar-refractivity contribution in [3.05, 3.63) is 18.5 Å². The summed E-state index contributed by atoms with van der Waals surface area (Å²) < 4.78 is 37.1. The molecular formula is C14H21F3N4. The first-order valence-corrected chi connectivity index (χ1v) is 7.21. The van der Waals surface area contributed by atoms with Gasteiger partial charge in [0.1, 0.15) is 0 Å². The largest absolute Gasteiger partial charge is 0.401 e. The molecule has 1 aliphatic heterocycles. The summed E-state index contributed by atoms with van der Waals surface area (Å²) >= 11 is 0. The van der Waals surface area contributed by atoms with Crippen LogP contribution in [0.15, 0.2) is 18.5 Å². The smallest absolute Gasteiger partial charge is 0.384 e. The molecule has 1 aliphatic rings. The van der Waals surface area contributed by atoms with E-state index in [-0.39, 0.29) is 0 Å². The van der Waals surface area contributed by atoms with Gasteiger partial charge in [0.05, 0.1) is 30.3 Å². The molecule has 4 nitrogen and oxygen atoms in total. The van der Waals surface area contributed by atoms with Crippen molar-refractivity contribution >= 4 is 11.4 Å². The number of alkyl halides is 3. The molecule has 1 aromatic rings. The third-order valence-electron chi connectivity index (χ3n) is 3.44. The van der Waals surface area contributed by atoms with Gasteiger partial charge in [-0.3, -0.25) is 9.88 Å². The SMILES string of the molecule is CCCNc1cncc(N2CCN(CC(F)(F)F)CC2)c1. The van der Waals surface area contributed by atoms with Crippen molar-refractivity contribution < 1.29 is 13.2 Å². The van der Waals surface area contributed by atoms with Crippen LogP contribution in [0.25, 0.3) is 0 Å². The third-order valence-corrected chi connectivity index (χ3v) is 3.44. The van der Waals surface area contributed by atoms with E-state index in [9.17, 15) is 13.2 Å². The van der Waals surface area contributed by atoms with Crippen molar-refractivity contribution in [2.45, 2.75) is 19.5 Å². The predicted molar refractivity (Wildman–Crippen MR) is 77.7 cm³/mol. The maximum Gasteiger partial charge on any atom is 0.401 e. The highest BCUT2D eigenvalue weighted by molar-refractivity contribution is 5.55. The Hall–Kier alpha value is -1.50. The third kappa shape index (κ3) is 5.08. The number of nitrogens with one attached hydrogen (secondary N) is 1. The van der Waals surface area contributed by atoms with Crippen molar-refractivity contribution in [1.29, 1.82) is 0 Å². The van der Waals surface area contributed by atoms with Crippen molar-refractivity contribution in [3.8, 4) is 0 Å². The molecule has 2 rings (SSSR count). The molecule has 0 saturated carbocycles. The van der Waals surface area contributed by atoms with Gasteiger partial charge >= 0.3 is 6.18 Å². The summed E-state index contributed by atoms with van der Waals surface area (Å²) in [7, 11) is 0. The van der Waals surface area contributed by atoms with Gasteiger partial charge in [0.25, 0.3) is 0 Å². The van der Waals surface area contributed by atoms with Crippen LogP contribution >= 0.6 is 0 Å². The second kappa shape index (κ2) is 6.98. The van der Waals surface area contributed by atoms with Crippen LogP contribution in [0.5, 0.6) is 0 Å². The van der Waals surface area contributed by atoms with Crippen LogP contribution in [0.3, 0.4) is 0 Å². The Labute approximate surface area is 122 Å². The lowest BCUT2D eigenvalue weighted by atomic mass is 10.2. The van der Waals surface area contributed by atoms with E-state index in [4.69, 9.17) is 0 Å². The highest BCUT2D eigenvalue weighted by Gasteiger charge is 2.32. The van der Waals surface area contributed by atoms with E-state index in [0.29, 0.717) is 26.2 Å². The fourth-order valence-corrected chi connectivity index (χ4v) is 2.38. The van der Waals surface area contributed by atoms with E-state index in [1.54, 1.807) is 12.4 Å². The van der Waals surface area contributed by atoms with Gasteiger partial charge in [-0.05, 0) is 12.5 Å². The van der Waals surface area contributed by atoms with Gasteiger partial charge in [-0.2, -0.15) is 13.2 Å². The van der Waals surface area contributed by atoms with Crippen LogP contribution in [0.1, 0.15) is 13.3 Å². The van der Waals surface area contributed by atoms with Gasteiger partial charge in [-0.1, -0.05) is 6.92 Å². The van der Waals surface area contributed by atoms with E-state index < -0.39 is 12.7 Å². The average molecular weight is 302 g/mol. The van der Waals surface area contributed by atoms with Crippen molar-refractivity contribution in [3.63, 3.8) is 0 Å². The van der Waals surface area contributed by atoms with Gasteiger partial charge in [-0.15, -0.1) is 0 Å². The molecule has 118 valence electrons. The maximum absolute atomic E-state index is 12.4. The molecule has 0 spiro atoms. The molecule has 21 heavy (non-hydrogen) atoms. The molecule has 1 aromatic heterocycles. The van der Waals surface area contributed by atoms with Crippen molar-refractivity contribution in [2.24, 2.45) is 0 Å². The molecule has 0 radical (unpaired) electrons. The molecule has 0 aliphatic carbocycles. The predicted octanol–water partition coefficient (Wildman–Crippen LogP) is 2.59. The molecule has 0 amide bonds. The molecule has 0 aromatic carbocycles. The summed E-state index contributed by atoms with van der Waals surface area (Å²) in [4.78, 5) is 7.72. The molecule has 0 atom stereocenters. The number of rotatable bonds is 5. The monoisotopic (exact) mass is 302 g/mol. The molecule has 2 heterocycles. The highest BCUT2D eigenvalue weighted by Crippen LogP contribution is 2.21. The molecular weight excluding hydrogens is 281 g/mol. The van der Waals surface area contributed by atoms with Gasteiger partial charge in [0.15, 0.2) is 0 Å². The van der Waals surface area contributed by atoms with Gasteiger partial charge in [0.2, 0.25) is 0 Å². The van der Waals surface area contributed by atoms with Crippen molar-refractivity contribution in [1.82, 2.24) is 9.88 Å². The van der Waals surface area contributed by atoms with Gasteiger partial charge in [-0.25, -0.2) is 0 Å². The number of hydrogen-bond acceptors (Lipinski definition) is 4. The highest BCUT2D eigenvalue weighted by atomic mass is 19.4. The number of hydrogen-bond donors (Lipinski definition) is 1. The zero-order valence-corrected chi connectivity index (χ0v) is 12.2. The molecule has 1 saturated heterocycles. The lowest BCUT2D eigenvalue weighted by Gasteiger charge is -2.36. The number of aromatic nitrogens is 1. The molecule has 1 fully saturated rings. The Morgan fingerprint density at radius 1 is 1.19 bits per heavy atom. The Kier molecular flexibility index (Phi) is 5.27. The second-order valence-corrected chi connectivity index (χ2v) is 5.24.